The SMILES string of the molecule is CC(C)(C(=O)N1CCC[C@H](C(=O)O)C1)c1ccc(Cl)cc1. The smallest absolute Gasteiger partial charge is 0.308 e. The van der Waals surface area contributed by atoms with Crippen LogP contribution in [0.1, 0.15) is 32.3 Å². The van der Waals surface area contributed by atoms with E-state index in [0.717, 1.165) is 12.0 Å². The third kappa shape index (κ3) is 3.38. The van der Waals surface area contributed by atoms with Crippen molar-refractivity contribution in [1.29, 1.82) is 0 Å². The van der Waals surface area contributed by atoms with Crippen molar-refractivity contribution in [2.24, 2.45) is 5.92 Å². The molecule has 1 heterocycles. The maximum absolute atomic E-state index is 12.8. The number of piperidine rings is 1. The molecule has 4 nitrogen and oxygen atoms in total. The van der Waals surface area contributed by atoms with E-state index < -0.39 is 17.3 Å². The number of benzene rings is 1. The van der Waals surface area contributed by atoms with E-state index >= 15 is 0 Å². The number of carboxylic acids is 1. The van der Waals surface area contributed by atoms with Crippen LogP contribution in [0.15, 0.2) is 24.3 Å². The highest BCUT2D eigenvalue weighted by atomic mass is 35.5. The summed E-state index contributed by atoms with van der Waals surface area (Å²) < 4.78 is 0. The lowest BCUT2D eigenvalue weighted by atomic mass is 9.82. The summed E-state index contributed by atoms with van der Waals surface area (Å²) >= 11 is 5.88. The Hall–Kier alpha value is -1.55. The van der Waals surface area contributed by atoms with E-state index in [2.05, 4.69) is 0 Å². The van der Waals surface area contributed by atoms with Crippen LogP contribution in [-0.2, 0) is 15.0 Å². The molecule has 21 heavy (non-hydrogen) atoms. The molecular weight excluding hydrogens is 290 g/mol. The third-order valence-corrected chi connectivity index (χ3v) is 4.41. The minimum absolute atomic E-state index is 0.0317. The van der Waals surface area contributed by atoms with E-state index in [1.807, 2.05) is 26.0 Å². The summed E-state index contributed by atoms with van der Waals surface area (Å²) in [6, 6.07) is 7.22. The monoisotopic (exact) mass is 309 g/mol. The molecule has 0 spiro atoms. The van der Waals surface area contributed by atoms with Gasteiger partial charge in [-0.2, -0.15) is 0 Å². The van der Waals surface area contributed by atoms with Gasteiger partial charge in [0, 0.05) is 18.1 Å². The van der Waals surface area contributed by atoms with E-state index in [9.17, 15) is 9.59 Å². The number of carbonyl (C=O) groups is 2. The van der Waals surface area contributed by atoms with Crippen LogP contribution in [-0.4, -0.2) is 35.0 Å². The second kappa shape index (κ2) is 6.06. The van der Waals surface area contributed by atoms with Crippen molar-refractivity contribution in [2.75, 3.05) is 13.1 Å². The number of aliphatic carboxylic acids is 1. The zero-order valence-corrected chi connectivity index (χ0v) is 13.1. The first-order valence-corrected chi connectivity index (χ1v) is 7.48. The number of carboxylic acid groups (broad SMARTS) is 1. The second-order valence-corrected chi connectivity index (χ2v) is 6.50. The summed E-state index contributed by atoms with van der Waals surface area (Å²) in [4.78, 5) is 25.6. The molecule has 1 aromatic carbocycles. The van der Waals surface area contributed by atoms with Crippen LogP contribution in [0.4, 0.5) is 0 Å². The Kier molecular flexibility index (Phi) is 4.57. The van der Waals surface area contributed by atoms with E-state index in [1.54, 1.807) is 17.0 Å². The van der Waals surface area contributed by atoms with Crippen molar-refractivity contribution in [1.82, 2.24) is 4.90 Å². The van der Waals surface area contributed by atoms with Gasteiger partial charge < -0.3 is 10.0 Å². The summed E-state index contributed by atoms with van der Waals surface area (Å²) in [6.45, 7) is 4.65. The highest BCUT2D eigenvalue weighted by Gasteiger charge is 2.37. The lowest BCUT2D eigenvalue weighted by Crippen LogP contribution is -2.49. The molecule has 1 amide bonds. The molecule has 5 heteroatoms. The molecule has 1 atom stereocenters. The Morgan fingerprint density at radius 1 is 1.29 bits per heavy atom. The van der Waals surface area contributed by atoms with Crippen molar-refractivity contribution >= 4 is 23.5 Å². The molecule has 0 aromatic heterocycles. The largest absolute Gasteiger partial charge is 0.481 e. The Morgan fingerprint density at radius 3 is 2.48 bits per heavy atom. The predicted molar refractivity (Wildman–Crippen MR) is 81.4 cm³/mol. The summed E-state index contributed by atoms with van der Waals surface area (Å²) in [6.07, 6.45) is 1.37. The lowest BCUT2D eigenvalue weighted by Gasteiger charge is -2.36. The van der Waals surface area contributed by atoms with Gasteiger partial charge in [-0.25, -0.2) is 0 Å². The number of halogens is 1. The van der Waals surface area contributed by atoms with E-state index in [0.29, 0.717) is 24.5 Å². The first kappa shape index (κ1) is 15.8. The van der Waals surface area contributed by atoms with Gasteiger partial charge in [0.2, 0.25) is 5.91 Å². The van der Waals surface area contributed by atoms with Crippen molar-refractivity contribution in [2.45, 2.75) is 32.1 Å². The van der Waals surface area contributed by atoms with Gasteiger partial charge in [0.15, 0.2) is 0 Å². The minimum Gasteiger partial charge on any atom is -0.481 e. The molecule has 0 unspecified atom stereocenters. The van der Waals surface area contributed by atoms with Gasteiger partial charge in [-0.15, -0.1) is 0 Å². The highest BCUT2D eigenvalue weighted by Crippen LogP contribution is 2.29. The number of rotatable bonds is 3. The summed E-state index contributed by atoms with van der Waals surface area (Å²) in [5, 5.41) is 9.77. The Bertz CT molecular complexity index is 539. The molecule has 114 valence electrons. The number of amides is 1. The van der Waals surface area contributed by atoms with E-state index in [-0.39, 0.29) is 5.91 Å². The quantitative estimate of drug-likeness (QED) is 0.934. The van der Waals surface area contributed by atoms with Gasteiger partial charge in [0.25, 0.3) is 0 Å². The maximum atomic E-state index is 12.8. The number of carbonyl (C=O) groups excluding carboxylic acids is 1. The normalized spacial score (nSPS) is 19.4. The number of hydrogen-bond acceptors (Lipinski definition) is 2. The molecule has 0 aliphatic carbocycles. The predicted octanol–water partition coefficient (Wildman–Crippen LogP) is 2.94. The van der Waals surface area contributed by atoms with Gasteiger partial charge in [0.05, 0.1) is 11.3 Å². The maximum Gasteiger partial charge on any atom is 0.308 e. The van der Waals surface area contributed by atoms with Gasteiger partial charge in [-0.05, 0) is 44.4 Å². The third-order valence-electron chi connectivity index (χ3n) is 4.16. The van der Waals surface area contributed by atoms with Crippen LogP contribution in [0, 0.1) is 5.92 Å². The fourth-order valence-corrected chi connectivity index (χ4v) is 2.87. The van der Waals surface area contributed by atoms with Crippen molar-refractivity contribution in [3.8, 4) is 0 Å². The second-order valence-electron chi connectivity index (χ2n) is 6.06. The van der Waals surface area contributed by atoms with Crippen LogP contribution >= 0.6 is 11.6 Å². The Balaban J connectivity index is 2.17. The van der Waals surface area contributed by atoms with Crippen LogP contribution in [0.5, 0.6) is 0 Å². The Morgan fingerprint density at radius 2 is 1.90 bits per heavy atom. The van der Waals surface area contributed by atoms with Crippen molar-refractivity contribution in [3.63, 3.8) is 0 Å². The molecule has 0 saturated carbocycles. The molecule has 0 radical (unpaired) electrons. The first-order valence-electron chi connectivity index (χ1n) is 7.10. The zero-order chi connectivity index (χ0) is 15.6. The Labute approximate surface area is 129 Å². The molecule has 1 fully saturated rings. The molecule has 1 aliphatic heterocycles. The summed E-state index contributed by atoms with van der Waals surface area (Å²) in [7, 11) is 0. The molecule has 2 rings (SSSR count). The fraction of sp³-hybridized carbons (Fsp3) is 0.500. The fourth-order valence-electron chi connectivity index (χ4n) is 2.75. The standard InChI is InChI=1S/C16H20ClNO3/c1-16(2,12-5-7-13(17)8-6-12)15(21)18-9-3-4-11(10-18)14(19)20/h5-8,11H,3-4,9-10H2,1-2H3,(H,19,20)/t11-/m0/s1. The molecular formula is C16H20ClNO3. The average Bonchev–Trinajstić information content (AvgIpc) is 2.47. The highest BCUT2D eigenvalue weighted by molar-refractivity contribution is 6.30. The van der Waals surface area contributed by atoms with Gasteiger partial charge in [-0.3, -0.25) is 9.59 Å². The van der Waals surface area contributed by atoms with E-state index in [1.165, 1.54) is 0 Å². The molecule has 1 N–H and O–H groups in total. The van der Waals surface area contributed by atoms with Crippen LogP contribution in [0.3, 0.4) is 0 Å². The zero-order valence-electron chi connectivity index (χ0n) is 12.3. The van der Waals surface area contributed by atoms with Crippen LogP contribution in [0.25, 0.3) is 0 Å². The number of nitrogens with zero attached hydrogens (tertiary/aromatic N) is 1. The van der Waals surface area contributed by atoms with Crippen LogP contribution < -0.4 is 0 Å². The van der Waals surface area contributed by atoms with E-state index in [4.69, 9.17) is 16.7 Å². The van der Waals surface area contributed by atoms with Crippen molar-refractivity contribution in [3.05, 3.63) is 34.9 Å². The first-order chi connectivity index (χ1) is 9.82. The van der Waals surface area contributed by atoms with Crippen LogP contribution in [0.2, 0.25) is 5.02 Å². The van der Waals surface area contributed by atoms with Gasteiger partial charge >= 0.3 is 5.97 Å². The molecule has 1 saturated heterocycles. The lowest BCUT2D eigenvalue weighted by molar-refractivity contribution is -0.147. The summed E-state index contributed by atoms with van der Waals surface area (Å²) in [5.41, 5.74) is 0.194. The summed E-state index contributed by atoms with van der Waals surface area (Å²) in [5.74, 6) is -1.31. The number of likely N-dealkylation sites (tertiary alicyclic amines) is 1. The topological polar surface area (TPSA) is 57.6 Å². The minimum atomic E-state index is -0.822. The molecule has 1 aliphatic rings. The average molecular weight is 310 g/mol. The number of hydrogen-bond donors (Lipinski definition) is 1. The van der Waals surface area contributed by atoms with Gasteiger partial charge in [-0.1, -0.05) is 23.7 Å². The van der Waals surface area contributed by atoms with Crippen molar-refractivity contribution < 1.29 is 14.7 Å². The van der Waals surface area contributed by atoms with Gasteiger partial charge in [0.1, 0.15) is 0 Å². The molecule has 1 aromatic rings. The molecule has 0 bridgehead atoms.